The number of hydrogen-bond acceptors (Lipinski definition) is 4. The lowest BCUT2D eigenvalue weighted by Crippen LogP contribution is -2.24. The number of aromatic amines is 1. The zero-order valence-electron chi connectivity index (χ0n) is 11.6. The molecule has 0 amide bonds. The monoisotopic (exact) mass is 254 g/mol. The molecule has 5 heteroatoms. The van der Waals surface area contributed by atoms with Crippen LogP contribution in [0, 0.1) is 0 Å². The second kappa shape index (κ2) is 10.1. The zero-order chi connectivity index (χ0) is 13.1. The van der Waals surface area contributed by atoms with Gasteiger partial charge in [0.15, 0.2) is 0 Å². The highest BCUT2D eigenvalue weighted by molar-refractivity contribution is 5.08. The fraction of sp³-hybridized carbons (Fsp3) is 0.769. The Kier molecular flexibility index (Phi) is 8.46. The molecule has 0 aliphatic carbocycles. The van der Waals surface area contributed by atoms with Gasteiger partial charge >= 0.3 is 0 Å². The summed E-state index contributed by atoms with van der Waals surface area (Å²) in [5, 5.41) is 14.1. The Balaban J connectivity index is 1.96. The van der Waals surface area contributed by atoms with E-state index in [4.69, 9.17) is 4.74 Å². The summed E-state index contributed by atoms with van der Waals surface area (Å²) in [5.74, 6) is 0. The normalized spacial score (nSPS) is 11.0. The van der Waals surface area contributed by atoms with E-state index in [1.54, 1.807) is 7.11 Å². The summed E-state index contributed by atoms with van der Waals surface area (Å²) < 4.78 is 4.96. The van der Waals surface area contributed by atoms with Crippen molar-refractivity contribution in [1.82, 2.24) is 20.8 Å². The van der Waals surface area contributed by atoms with Gasteiger partial charge in [-0.15, -0.1) is 0 Å². The predicted molar refractivity (Wildman–Crippen MR) is 73.7 cm³/mol. The van der Waals surface area contributed by atoms with E-state index < -0.39 is 0 Å². The van der Waals surface area contributed by atoms with Crippen molar-refractivity contribution < 1.29 is 4.74 Å². The Morgan fingerprint density at radius 3 is 2.89 bits per heavy atom. The molecule has 0 spiro atoms. The number of ether oxygens (including phenoxy) is 1. The van der Waals surface area contributed by atoms with Crippen LogP contribution in [-0.2, 0) is 17.7 Å². The Bertz CT molecular complexity index is 301. The van der Waals surface area contributed by atoms with Crippen molar-refractivity contribution in [1.29, 1.82) is 0 Å². The number of aryl methyl sites for hydroxylation is 1. The largest absolute Gasteiger partial charge is 0.383 e. The van der Waals surface area contributed by atoms with Crippen LogP contribution in [-0.4, -0.2) is 43.5 Å². The number of nitrogens with zero attached hydrogens (tertiary/aromatic N) is 1. The summed E-state index contributed by atoms with van der Waals surface area (Å²) in [7, 11) is 1.72. The first-order valence-corrected chi connectivity index (χ1v) is 6.80. The molecular formula is C13H26N4O. The van der Waals surface area contributed by atoms with Crippen LogP contribution in [0.15, 0.2) is 6.07 Å². The molecule has 0 saturated heterocycles. The van der Waals surface area contributed by atoms with Crippen LogP contribution in [0.5, 0.6) is 0 Å². The Morgan fingerprint density at radius 2 is 2.11 bits per heavy atom. The first kappa shape index (κ1) is 15.1. The van der Waals surface area contributed by atoms with Gasteiger partial charge in [-0.2, -0.15) is 5.10 Å². The highest BCUT2D eigenvalue weighted by Gasteiger charge is 1.99. The molecule has 0 saturated carbocycles. The number of rotatable bonds is 11. The van der Waals surface area contributed by atoms with Gasteiger partial charge in [0.1, 0.15) is 0 Å². The van der Waals surface area contributed by atoms with Crippen LogP contribution in [0.25, 0.3) is 0 Å². The van der Waals surface area contributed by atoms with Crippen molar-refractivity contribution in [3.05, 3.63) is 17.5 Å². The van der Waals surface area contributed by atoms with E-state index in [2.05, 4.69) is 33.8 Å². The minimum Gasteiger partial charge on any atom is -0.383 e. The van der Waals surface area contributed by atoms with E-state index in [9.17, 15) is 0 Å². The highest BCUT2D eigenvalue weighted by atomic mass is 16.5. The molecule has 0 atom stereocenters. The number of methoxy groups -OCH3 is 1. The second-order valence-corrected chi connectivity index (χ2v) is 4.41. The third-order valence-corrected chi connectivity index (χ3v) is 2.70. The first-order chi connectivity index (χ1) is 8.86. The van der Waals surface area contributed by atoms with Gasteiger partial charge in [-0.3, -0.25) is 5.10 Å². The molecule has 0 aliphatic heterocycles. The number of nitrogens with one attached hydrogen (secondary N) is 3. The van der Waals surface area contributed by atoms with Gasteiger partial charge in [-0.05, 0) is 32.0 Å². The summed E-state index contributed by atoms with van der Waals surface area (Å²) >= 11 is 0. The lowest BCUT2D eigenvalue weighted by atomic mass is 10.2. The van der Waals surface area contributed by atoms with Crippen molar-refractivity contribution in [2.24, 2.45) is 0 Å². The quantitative estimate of drug-likeness (QED) is 0.517. The van der Waals surface area contributed by atoms with Gasteiger partial charge in [-0.1, -0.05) is 13.3 Å². The van der Waals surface area contributed by atoms with Gasteiger partial charge in [0.25, 0.3) is 0 Å². The number of aromatic nitrogens is 2. The molecule has 1 aromatic rings. The molecule has 0 radical (unpaired) electrons. The van der Waals surface area contributed by atoms with Crippen LogP contribution in [0.4, 0.5) is 0 Å². The molecule has 0 unspecified atom stereocenters. The fourth-order valence-corrected chi connectivity index (χ4v) is 1.74. The summed E-state index contributed by atoms with van der Waals surface area (Å²) in [6, 6.07) is 2.15. The third kappa shape index (κ3) is 6.74. The Hall–Kier alpha value is -0.910. The average molecular weight is 254 g/mol. The molecule has 0 aromatic carbocycles. The SMILES string of the molecule is CCCc1cc(CNCCCNCCOC)[nH]n1. The fourth-order valence-electron chi connectivity index (χ4n) is 1.74. The average Bonchev–Trinajstić information content (AvgIpc) is 2.81. The minimum atomic E-state index is 0.780. The molecule has 0 bridgehead atoms. The van der Waals surface area contributed by atoms with E-state index >= 15 is 0 Å². The predicted octanol–water partition coefficient (Wildman–Crippen LogP) is 1.08. The van der Waals surface area contributed by atoms with E-state index in [0.29, 0.717) is 0 Å². The lowest BCUT2D eigenvalue weighted by molar-refractivity contribution is 0.199. The van der Waals surface area contributed by atoms with Crippen LogP contribution < -0.4 is 10.6 Å². The highest BCUT2D eigenvalue weighted by Crippen LogP contribution is 2.01. The van der Waals surface area contributed by atoms with Gasteiger partial charge in [0.05, 0.1) is 12.3 Å². The van der Waals surface area contributed by atoms with Crippen molar-refractivity contribution >= 4 is 0 Å². The van der Waals surface area contributed by atoms with Crippen molar-refractivity contribution in [2.75, 3.05) is 33.4 Å². The van der Waals surface area contributed by atoms with Crippen LogP contribution in [0.3, 0.4) is 0 Å². The number of hydrogen-bond donors (Lipinski definition) is 3. The van der Waals surface area contributed by atoms with Crippen molar-refractivity contribution in [3.8, 4) is 0 Å². The van der Waals surface area contributed by atoms with Crippen molar-refractivity contribution in [2.45, 2.75) is 32.7 Å². The van der Waals surface area contributed by atoms with Crippen LogP contribution in [0.1, 0.15) is 31.2 Å². The Morgan fingerprint density at radius 1 is 1.28 bits per heavy atom. The minimum absolute atomic E-state index is 0.780. The maximum Gasteiger partial charge on any atom is 0.0625 e. The van der Waals surface area contributed by atoms with E-state index in [1.165, 1.54) is 5.69 Å². The maximum absolute atomic E-state index is 4.96. The van der Waals surface area contributed by atoms with E-state index in [0.717, 1.165) is 57.7 Å². The van der Waals surface area contributed by atoms with Crippen LogP contribution in [0.2, 0.25) is 0 Å². The maximum atomic E-state index is 4.96. The molecule has 1 rings (SSSR count). The molecule has 104 valence electrons. The summed E-state index contributed by atoms with van der Waals surface area (Å²) in [5.41, 5.74) is 2.33. The second-order valence-electron chi connectivity index (χ2n) is 4.41. The molecule has 0 fully saturated rings. The molecule has 5 nitrogen and oxygen atoms in total. The van der Waals surface area contributed by atoms with Gasteiger partial charge < -0.3 is 15.4 Å². The Labute approximate surface area is 110 Å². The van der Waals surface area contributed by atoms with Crippen LogP contribution >= 0.6 is 0 Å². The van der Waals surface area contributed by atoms with E-state index in [1.807, 2.05) is 0 Å². The summed E-state index contributed by atoms with van der Waals surface area (Å²) in [6.07, 6.45) is 3.32. The molecule has 1 heterocycles. The third-order valence-electron chi connectivity index (χ3n) is 2.70. The van der Waals surface area contributed by atoms with Crippen molar-refractivity contribution in [3.63, 3.8) is 0 Å². The molecular weight excluding hydrogens is 228 g/mol. The van der Waals surface area contributed by atoms with Gasteiger partial charge in [0.2, 0.25) is 0 Å². The van der Waals surface area contributed by atoms with E-state index in [-0.39, 0.29) is 0 Å². The summed E-state index contributed by atoms with van der Waals surface area (Å²) in [4.78, 5) is 0. The molecule has 0 aliphatic rings. The standard InChI is InChI=1S/C13H26N4O/c1-3-5-12-10-13(17-16-12)11-15-7-4-6-14-8-9-18-2/h10,14-15H,3-9,11H2,1-2H3,(H,16,17). The van der Waals surface area contributed by atoms with Gasteiger partial charge in [0, 0.05) is 25.9 Å². The molecule has 1 aromatic heterocycles. The molecule has 18 heavy (non-hydrogen) atoms. The number of H-pyrrole nitrogens is 1. The van der Waals surface area contributed by atoms with Gasteiger partial charge in [-0.25, -0.2) is 0 Å². The topological polar surface area (TPSA) is 62.0 Å². The zero-order valence-corrected chi connectivity index (χ0v) is 11.6. The lowest BCUT2D eigenvalue weighted by Gasteiger charge is -2.04. The smallest absolute Gasteiger partial charge is 0.0625 e. The summed E-state index contributed by atoms with van der Waals surface area (Å²) in [6.45, 7) is 6.79. The first-order valence-electron chi connectivity index (χ1n) is 6.80. The molecule has 3 N–H and O–H groups in total.